The monoisotopic (exact) mass is 370 g/mol. The minimum atomic E-state index is -0.0758. The third kappa shape index (κ3) is 6.05. The van der Waals surface area contributed by atoms with Gasteiger partial charge in [0.05, 0.1) is 23.9 Å². The van der Waals surface area contributed by atoms with E-state index in [1.54, 1.807) is 6.21 Å². The van der Waals surface area contributed by atoms with Crippen molar-refractivity contribution in [2.75, 3.05) is 13.2 Å². The number of rotatable bonds is 9. The molecule has 22 heavy (non-hydrogen) atoms. The fourth-order valence-electron chi connectivity index (χ4n) is 1.78. The topological polar surface area (TPSA) is 59.9 Å². The quantitative estimate of drug-likeness (QED) is 0.529. The average molecular weight is 371 g/mol. The molecular formula is C16H23BrN2O3. The Morgan fingerprint density at radius 3 is 2.64 bits per heavy atom. The van der Waals surface area contributed by atoms with Gasteiger partial charge in [-0.05, 0) is 53.9 Å². The van der Waals surface area contributed by atoms with Crippen molar-refractivity contribution in [3.63, 3.8) is 0 Å². The minimum absolute atomic E-state index is 0.0758. The molecule has 0 atom stereocenters. The summed E-state index contributed by atoms with van der Waals surface area (Å²) in [6.45, 7) is 6.98. The van der Waals surface area contributed by atoms with Crippen LogP contribution in [0.4, 0.5) is 0 Å². The molecule has 1 aromatic carbocycles. The van der Waals surface area contributed by atoms with Gasteiger partial charge in [0, 0.05) is 6.42 Å². The molecule has 0 heterocycles. The summed E-state index contributed by atoms with van der Waals surface area (Å²) in [7, 11) is 0. The van der Waals surface area contributed by atoms with E-state index in [2.05, 4.69) is 26.5 Å². The lowest BCUT2D eigenvalue weighted by Gasteiger charge is -2.13. The molecular weight excluding hydrogens is 348 g/mol. The summed E-state index contributed by atoms with van der Waals surface area (Å²) in [5.41, 5.74) is 3.33. The van der Waals surface area contributed by atoms with Crippen LogP contribution in [-0.4, -0.2) is 25.3 Å². The zero-order valence-electron chi connectivity index (χ0n) is 13.3. The highest BCUT2D eigenvalue weighted by Crippen LogP contribution is 2.36. The Bertz CT molecular complexity index is 518. The van der Waals surface area contributed by atoms with E-state index in [0.717, 1.165) is 22.9 Å². The van der Waals surface area contributed by atoms with Crippen LogP contribution in [0.25, 0.3) is 0 Å². The van der Waals surface area contributed by atoms with Crippen LogP contribution in [0.15, 0.2) is 21.7 Å². The maximum absolute atomic E-state index is 11.5. The molecule has 0 aliphatic carbocycles. The van der Waals surface area contributed by atoms with E-state index in [0.29, 0.717) is 31.1 Å². The zero-order chi connectivity index (χ0) is 16.4. The molecule has 0 spiro atoms. The molecule has 0 aliphatic heterocycles. The van der Waals surface area contributed by atoms with Crippen molar-refractivity contribution in [1.29, 1.82) is 0 Å². The lowest BCUT2D eigenvalue weighted by molar-refractivity contribution is -0.121. The van der Waals surface area contributed by atoms with Crippen LogP contribution in [0.2, 0.25) is 0 Å². The van der Waals surface area contributed by atoms with E-state index < -0.39 is 0 Å². The Hall–Kier alpha value is -1.56. The number of benzene rings is 1. The summed E-state index contributed by atoms with van der Waals surface area (Å²) in [6.07, 6.45) is 3.93. The normalized spacial score (nSPS) is 10.7. The van der Waals surface area contributed by atoms with Gasteiger partial charge in [0.2, 0.25) is 5.91 Å². The molecule has 0 radical (unpaired) electrons. The van der Waals surface area contributed by atoms with Crippen LogP contribution in [-0.2, 0) is 4.79 Å². The van der Waals surface area contributed by atoms with Gasteiger partial charge in [-0.1, -0.05) is 13.3 Å². The minimum Gasteiger partial charge on any atom is -0.490 e. The van der Waals surface area contributed by atoms with Crippen LogP contribution in [0.3, 0.4) is 0 Å². The molecule has 0 unspecified atom stereocenters. The second-order valence-corrected chi connectivity index (χ2v) is 5.45. The molecule has 5 nitrogen and oxygen atoms in total. The largest absolute Gasteiger partial charge is 0.490 e. The van der Waals surface area contributed by atoms with Crippen molar-refractivity contribution >= 4 is 28.1 Å². The Kier molecular flexibility index (Phi) is 8.58. The Labute approximate surface area is 140 Å². The SMILES string of the molecule is CCCCC(=O)N/N=C/c1cc(Br)c(OCC)c(OCC)c1. The lowest BCUT2D eigenvalue weighted by atomic mass is 10.2. The van der Waals surface area contributed by atoms with Gasteiger partial charge in [0.1, 0.15) is 0 Å². The van der Waals surface area contributed by atoms with Crippen LogP contribution in [0, 0.1) is 0 Å². The summed E-state index contributed by atoms with van der Waals surface area (Å²) < 4.78 is 12.0. The molecule has 6 heteroatoms. The molecule has 1 N–H and O–H groups in total. The van der Waals surface area contributed by atoms with Gasteiger partial charge in [-0.3, -0.25) is 4.79 Å². The van der Waals surface area contributed by atoms with E-state index in [1.807, 2.05) is 32.9 Å². The van der Waals surface area contributed by atoms with Gasteiger partial charge < -0.3 is 9.47 Å². The molecule has 0 fully saturated rings. The summed E-state index contributed by atoms with van der Waals surface area (Å²) in [4.78, 5) is 11.5. The highest BCUT2D eigenvalue weighted by Gasteiger charge is 2.11. The van der Waals surface area contributed by atoms with Gasteiger partial charge in [0.25, 0.3) is 0 Å². The second kappa shape index (κ2) is 10.2. The van der Waals surface area contributed by atoms with Crippen molar-refractivity contribution in [3.8, 4) is 11.5 Å². The first kappa shape index (κ1) is 18.5. The molecule has 122 valence electrons. The molecule has 0 saturated carbocycles. The predicted octanol–water partition coefficient (Wildman–Crippen LogP) is 3.89. The number of amides is 1. The maximum Gasteiger partial charge on any atom is 0.240 e. The first-order valence-electron chi connectivity index (χ1n) is 7.53. The Morgan fingerprint density at radius 1 is 1.27 bits per heavy atom. The molecule has 1 amide bonds. The number of hydrogen-bond acceptors (Lipinski definition) is 4. The van der Waals surface area contributed by atoms with Crippen LogP contribution in [0.5, 0.6) is 11.5 Å². The van der Waals surface area contributed by atoms with E-state index in [9.17, 15) is 4.79 Å². The van der Waals surface area contributed by atoms with Crippen molar-refractivity contribution < 1.29 is 14.3 Å². The van der Waals surface area contributed by atoms with Gasteiger partial charge in [0.15, 0.2) is 11.5 Å². The van der Waals surface area contributed by atoms with Crippen LogP contribution >= 0.6 is 15.9 Å². The number of carbonyl (C=O) groups excluding carboxylic acids is 1. The average Bonchev–Trinajstić information content (AvgIpc) is 2.49. The summed E-state index contributed by atoms with van der Waals surface area (Å²) >= 11 is 3.47. The number of ether oxygens (including phenoxy) is 2. The van der Waals surface area contributed by atoms with Gasteiger partial charge in [-0.25, -0.2) is 5.43 Å². The summed E-state index contributed by atoms with van der Waals surface area (Å²) in [5, 5.41) is 3.97. The van der Waals surface area contributed by atoms with Crippen molar-refractivity contribution in [2.24, 2.45) is 5.10 Å². The third-order valence-corrected chi connectivity index (χ3v) is 3.37. The summed E-state index contributed by atoms with van der Waals surface area (Å²) in [6, 6.07) is 3.70. The van der Waals surface area contributed by atoms with Crippen molar-refractivity contribution in [3.05, 3.63) is 22.2 Å². The van der Waals surface area contributed by atoms with E-state index in [-0.39, 0.29) is 5.91 Å². The number of halogens is 1. The van der Waals surface area contributed by atoms with E-state index in [1.165, 1.54) is 0 Å². The second-order valence-electron chi connectivity index (χ2n) is 4.59. The number of carbonyl (C=O) groups is 1. The number of hydrogen-bond donors (Lipinski definition) is 1. The smallest absolute Gasteiger partial charge is 0.240 e. The highest BCUT2D eigenvalue weighted by atomic mass is 79.9. The van der Waals surface area contributed by atoms with Gasteiger partial charge in [-0.2, -0.15) is 5.10 Å². The molecule has 1 rings (SSSR count). The Morgan fingerprint density at radius 2 is 2.00 bits per heavy atom. The first-order valence-corrected chi connectivity index (χ1v) is 8.32. The molecule has 1 aromatic rings. The van der Waals surface area contributed by atoms with Gasteiger partial charge >= 0.3 is 0 Å². The molecule has 0 saturated heterocycles. The fourth-order valence-corrected chi connectivity index (χ4v) is 2.36. The lowest BCUT2D eigenvalue weighted by Crippen LogP contribution is -2.16. The summed E-state index contributed by atoms with van der Waals surface area (Å²) in [5.74, 6) is 1.25. The van der Waals surface area contributed by atoms with Crippen LogP contribution in [0.1, 0.15) is 45.6 Å². The predicted molar refractivity (Wildman–Crippen MR) is 91.7 cm³/mol. The van der Waals surface area contributed by atoms with Gasteiger partial charge in [-0.15, -0.1) is 0 Å². The van der Waals surface area contributed by atoms with Crippen molar-refractivity contribution in [1.82, 2.24) is 5.43 Å². The number of nitrogens with one attached hydrogen (secondary N) is 1. The maximum atomic E-state index is 11.5. The molecule has 0 aliphatic rings. The number of unbranched alkanes of at least 4 members (excludes halogenated alkanes) is 1. The van der Waals surface area contributed by atoms with Crippen molar-refractivity contribution in [2.45, 2.75) is 40.0 Å². The van der Waals surface area contributed by atoms with Crippen LogP contribution < -0.4 is 14.9 Å². The van der Waals surface area contributed by atoms with E-state index in [4.69, 9.17) is 9.47 Å². The fraction of sp³-hybridized carbons (Fsp3) is 0.500. The Balaban J connectivity index is 2.80. The highest BCUT2D eigenvalue weighted by molar-refractivity contribution is 9.10. The first-order chi connectivity index (χ1) is 10.6. The third-order valence-electron chi connectivity index (χ3n) is 2.78. The molecule has 0 bridgehead atoms. The number of hydrazone groups is 1. The number of nitrogens with zero attached hydrogens (tertiary/aromatic N) is 1. The zero-order valence-corrected chi connectivity index (χ0v) is 14.9. The standard InChI is InChI=1S/C16H23BrN2O3/c1-4-7-8-15(20)19-18-11-12-9-13(17)16(22-6-3)14(10-12)21-5-2/h9-11H,4-8H2,1-3H3,(H,19,20)/b18-11+. The van der Waals surface area contributed by atoms with E-state index >= 15 is 0 Å². The molecule has 0 aromatic heterocycles.